The van der Waals surface area contributed by atoms with Gasteiger partial charge in [0.25, 0.3) is 0 Å². The van der Waals surface area contributed by atoms with Gasteiger partial charge < -0.3 is 18.5 Å². The molecule has 0 amide bonds. The highest BCUT2D eigenvalue weighted by Gasteiger charge is 2.50. The van der Waals surface area contributed by atoms with Crippen molar-refractivity contribution >= 4 is 79.1 Å². The summed E-state index contributed by atoms with van der Waals surface area (Å²) in [5, 5.41) is 3.27. The highest BCUT2D eigenvalue weighted by molar-refractivity contribution is 6.94. The van der Waals surface area contributed by atoms with Crippen molar-refractivity contribution in [3.63, 3.8) is 0 Å². The lowest BCUT2D eigenvalue weighted by atomic mass is 9.43. The maximum Gasteiger partial charge on any atom is 0.333 e. The molecule has 10 aromatic carbocycles. The fourth-order valence-corrected chi connectivity index (χ4v) is 15.5. The molecule has 0 saturated heterocycles. The van der Waals surface area contributed by atoms with Crippen LogP contribution >= 0.6 is 0 Å². The molecule has 0 N–H and O–H groups in total. The number of nitrogens with zero attached hydrogens (tertiary/aromatic N) is 2. The van der Waals surface area contributed by atoms with E-state index in [4.69, 9.17) is 8.83 Å². The topological polar surface area (TPSA) is 32.8 Å². The van der Waals surface area contributed by atoms with Gasteiger partial charge in [0.15, 0.2) is 0 Å². The minimum Gasteiger partial charge on any atom is -0.455 e. The van der Waals surface area contributed by atoms with Crippen molar-refractivity contribution in [2.24, 2.45) is 0 Å². The first kappa shape index (κ1) is 52.7. The first-order valence-electron chi connectivity index (χ1n) is 31.1. The summed E-state index contributed by atoms with van der Waals surface area (Å²) in [6.45, 7) is 28.4. The summed E-state index contributed by atoms with van der Waals surface area (Å²) in [7, 11) is 0. The molecule has 0 atom stereocenters. The molecule has 0 unspecified atom stereocenters. The summed E-state index contributed by atoms with van der Waals surface area (Å²) >= 11 is 0. The van der Waals surface area contributed by atoms with Crippen molar-refractivity contribution in [1.29, 1.82) is 0 Å². The fourth-order valence-electron chi connectivity index (χ4n) is 15.5. The molecule has 86 heavy (non-hydrogen) atoms. The first-order chi connectivity index (χ1) is 41.2. The Hall–Kier alpha value is -8.80. The molecule has 0 bridgehead atoms. The SMILES string of the molecule is CC(C)(C)c1ccc(N2B3c4cc5oc(-c6ccccc6)c(-c6ccccc6)c5cc4N(c4ccc(C(C)(C)C)cc4-c4ccccc4)c4cc5c(oc6ccccc65)c(c43)-c3cc4c(cc32)C(C)(C)c2cc3c(cc2-4)C(C)(C)CCC3(C)C)cc1. The first-order valence-corrected chi connectivity index (χ1v) is 31.1. The summed E-state index contributed by atoms with van der Waals surface area (Å²) in [6, 6.07) is 75.7. The minimum absolute atomic E-state index is 0.0430. The zero-order chi connectivity index (χ0) is 59.1. The summed E-state index contributed by atoms with van der Waals surface area (Å²) in [5.41, 5.74) is 29.2. The Balaban J connectivity index is 1.08. The van der Waals surface area contributed by atoms with E-state index in [2.05, 4.69) is 293 Å². The Morgan fingerprint density at radius 1 is 0.407 bits per heavy atom. The number of rotatable bonds is 5. The third kappa shape index (κ3) is 7.68. The molecule has 4 aliphatic rings. The molecule has 2 aliphatic carbocycles. The van der Waals surface area contributed by atoms with E-state index >= 15 is 0 Å². The Morgan fingerprint density at radius 2 is 0.988 bits per heavy atom. The highest BCUT2D eigenvalue weighted by Crippen LogP contribution is 2.60. The van der Waals surface area contributed by atoms with E-state index in [1.807, 2.05) is 0 Å². The second kappa shape index (κ2) is 18.1. The second-order valence-corrected chi connectivity index (χ2v) is 29.1. The largest absolute Gasteiger partial charge is 0.455 e. The van der Waals surface area contributed by atoms with Gasteiger partial charge in [0.1, 0.15) is 22.5 Å². The fraction of sp³-hybridized carbons (Fsp3) is 0.235. The minimum atomic E-state index is -0.334. The second-order valence-electron chi connectivity index (χ2n) is 29.1. The normalized spacial score (nSPS) is 16.0. The van der Waals surface area contributed by atoms with Crippen LogP contribution in [-0.4, -0.2) is 6.85 Å². The van der Waals surface area contributed by atoms with Crippen molar-refractivity contribution in [2.75, 3.05) is 9.71 Å². The van der Waals surface area contributed by atoms with Crippen LogP contribution in [0.25, 0.3) is 88.7 Å². The monoisotopic (exact) mass is 1120 g/mol. The number of furan rings is 2. The molecule has 422 valence electrons. The summed E-state index contributed by atoms with van der Waals surface area (Å²) in [6.07, 6.45) is 2.33. The van der Waals surface area contributed by atoms with Crippen LogP contribution in [0.3, 0.4) is 0 Å². The summed E-state index contributed by atoms with van der Waals surface area (Å²) in [4.78, 5) is 5.32. The molecule has 2 aliphatic heterocycles. The Morgan fingerprint density at radius 3 is 1.66 bits per heavy atom. The Kier molecular flexibility index (Phi) is 11.1. The average molecular weight is 1120 g/mol. The van der Waals surface area contributed by atoms with Crippen molar-refractivity contribution < 1.29 is 8.83 Å². The summed E-state index contributed by atoms with van der Waals surface area (Å²) < 4.78 is 14.9. The molecule has 12 aromatic rings. The van der Waals surface area contributed by atoms with Gasteiger partial charge in [-0.25, -0.2) is 0 Å². The van der Waals surface area contributed by atoms with Crippen LogP contribution in [-0.2, 0) is 27.1 Å². The van der Waals surface area contributed by atoms with Crippen LogP contribution in [0.4, 0.5) is 28.4 Å². The summed E-state index contributed by atoms with van der Waals surface area (Å²) in [5.74, 6) is 0.858. The van der Waals surface area contributed by atoms with Crippen LogP contribution < -0.4 is 20.6 Å². The maximum atomic E-state index is 7.44. The van der Waals surface area contributed by atoms with Crippen LogP contribution in [0.15, 0.2) is 209 Å². The predicted octanol–water partition coefficient (Wildman–Crippen LogP) is 21.3. The lowest BCUT2D eigenvalue weighted by molar-refractivity contribution is 0.331. The van der Waals surface area contributed by atoms with Crippen LogP contribution in [0.2, 0.25) is 0 Å². The lowest BCUT2D eigenvalue weighted by Crippen LogP contribution is -2.61. The van der Waals surface area contributed by atoms with Crippen molar-refractivity contribution in [3.8, 4) is 55.8 Å². The molecule has 2 aromatic heterocycles. The van der Waals surface area contributed by atoms with Crippen molar-refractivity contribution in [1.82, 2.24) is 0 Å². The molecular formula is C81H73BN2O2. The third-order valence-corrected chi connectivity index (χ3v) is 20.4. The Bertz CT molecular complexity index is 4800. The third-order valence-electron chi connectivity index (χ3n) is 20.4. The molecule has 0 spiro atoms. The quantitative estimate of drug-likeness (QED) is 0.161. The molecular weight excluding hydrogens is 1040 g/mol. The van der Waals surface area contributed by atoms with E-state index in [1.54, 1.807) is 0 Å². The number of hydrogen-bond acceptors (Lipinski definition) is 4. The zero-order valence-electron chi connectivity index (χ0n) is 51.8. The van der Waals surface area contributed by atoms with E-state index in [0.717, 1.165) is 95.6 Å². The number of benzene rings is 10. The average Bonchev–Trinajstić information content (AvgIpc) is 1.23. The Labute approximate surface area is 507 Å². The van der Waals surface area contributed by atoms with E-state index < -0.39 is 0 Å². The molecule has 0 radical (unpaired) electrons. The molecule has 0 fully saturated rings. The van der Waals surface area contributed by atoms with Crippen LogP contribution in [0, 0.1) is 0 Å². The van der Waals surface area contributed by atoms with Crippen LogP contribution in [0.1, 0.15) is 129 Å². The predicted molar refractivity (Wildman–Crippen MR) is 364 cm³/mol. The van der Waals surface area contributed by atoms with Gasteiger partial charge in [-0.2, -0.15) is 0 Å². The van der Waals surface area contributed by atoms with Gasteiger partial charge in [-0.1, -0.05) is 217 Å². The molecule has 4 heterocycles. The number of hydrogen-bond donors (Lipinski definition) is 0. The van der Waals surface area contributed by atoms with Gasteiger partial charge >= 0.3 is 6.85 Å². The lowest BCUT2D eigenvalue weighted by Gasteiger charge is -2.46. The van der Waals surface area contributed by atoms with Gasteiger partial charge in [0.2, 0.25) is 0 Å². The standard InChI is InChI=1S/C81H73BN2O2/c1-77(2,3)51-32-35-53(36-33-51)84-67-46-62-56(57-42-63-64(45-61(57)81(62,11)12)80(9,10)39-38-79(63,7)8)41-59(67)73-74-69(43-58-54-30-22-23-31-70(54)85-76(58)73)83(66-37-34-52(78(4,5)6)40-55(66)48-24-16-13-17-25-48)68-44-60-71(47-65(68)82(74)84)86-75(50-28-20-15-21-29-50)72(60)49-26-18-14-19-27-49/h13-37,40-47H,38-39H2,1-12H3. The van der Waals surface area contributed by atoms with Gasteiger partial charge in [0, 0.05) is 72.1 Å². The molecule has 4 nitrogen and oxygen atoms in total. The molecule has 16 rings (SSSR count). The van der Waals surface area contributed by atoms with Crippen LogP contribution in [0.5, 0.6) is 0 Å². The van der Waals surface area contributed by atoms with E-state index in [0.29, 0.717) is 0 Å². The van der Waals surface area contributed by atoms with Gasteiger partial charge in [0.05, 0.1) is 5.69 Å². The van der Waals surface area contributed by atoms with Crippen molar-refractivity contribution in [2.45, 2.75) is 123 Å². The zero-order valence-corrected chi connectivity index (χ0v) is 51.8. The van der Waals surface area contributed by atoms with E-state index in [-0.39, 0.29) is 33.9 Å². The van der Waals surface area contributed by atoms with E-state index in [9.17, 15) is 0 Å². The van der Waals surface area contributed by atoms with Gasteiger partial charge in [-0.05, 0) is 168 Å². The van der Waals surface area contributed by atoms with Crippen molar-refractivity contribution in [3.05, 3.63) is 234 Å². The maximum absolute atomic E-state index is 7.44. The number of para-hydroxylation sites is 1. The smallest absolute Gasteiger partial charge is 0.333 e. The highest BCUT2D eigenvalue weighted by atomic mass is 16.3. The van der Waals surface area contributed by atoms with Gasteiger partial charge in [-0.3, -0.25) is 0 Å². The van der Waals surface area contributed by atoms with Gasteiger partial charge in [-0.15, -0.1) is 0 Å². The number of fused-ring (bicyclic) bond motifs is 13. The number of anilines is 5. The van der Waals surface area contributed by atoms with E-state index in [1.165, 1.54) is 78.8 Å². The molecule has 5 heteroatoms. The molecule has 0 saturated carbocycles.